The van der Waals surface area contributed by atoms with Crippen molar-refractivity contribution in [2.75, 3.05) is 19.3 Å². The number of hydrogen-bond acceptors (Lipinski definition) is 4. The lowest BCUT2D eigenvalue weighted by Crippen LogP contribution is -2.41. The Morgan fingerprint density at radius 3 is 2.45 bits per heavy atom. The summed E-state index contributed by atoms with van der Waals surface area (Å²) in [5.41, 5.74) is 1.43. The predicted molar refractivity (Wildman–Crippen MR) is 79.8 cm³/mol. The molecular weight excluding hydrogens is 272 g/mol. The third kappa shape index (κ3) is 3.33. The molecule has 1 N–H and O–H groups in total. The van der Waals surface area contributed by atoms with Crippen molar-refractivity contribution < 1.29 is 9.90 Å². The van der Waals surface area contributed by atoms with Crippen molar-refractivity contribution in [2.24, 2.45) is 0 Å². The number of rotatable bonds is 4. The zero-order chi connectivity index (χ0) is 14.6. The average molecular weight is 290 g/mol. The number of nitrogens with zero attached hydrogens (tertiary/aromatic N) is 2. The van der Waals surface area contributed by atoms with Gasteiger partial charge < -0.3 is 5.11 Å². The summed E-state index contributed by atoms with van der Waals surface area (Å²) in [6, 6.07) is 9.46. The van der Waals surface area contributed by atoms with Gasteiger partial charge in [0, 0.05) is 19.6 Å². The SMILES string of the molecule is CSC1(C#N)CCN(Cc2ccc(C(=O)O)cc2)CC1. The molecule has 0 amide bonds. The fourth-order valence-corrected chi connectivity index (χ4v) is 3.13. The van der Waals surface area contributed by atoms with E-state index >= 15 is 0 Å². The molecule has 0 aliphatic carbocycles. The minimum Gasteiger partial charge on any atom is -0.478 e. The van der Waals surface area contributed by atoms with Gasteiger partial charge in [0.2, 0.25) is 0 Å². The summed E-state index contributed by atoms with van der Waals surface area (Å²) in [6.45, 7) is 2.64. The van der Waals surface area contributed by atoms with E-state index in [0.29, 0.717) is 5.56 Å². The Morgan fingerprint density at radius 1 is 1.40 bits per heavy atom. The van der Waals surface area contributed by atoms with Gasteiger partial charge in [-0.05, 0) is 36.8 Å². The number of likely N-dealkylation sites (tertiary alicyclic amines) is 1. The number of benzene rings is 1. The lowest BCUT2D eigenvalue weighted by molar-refractivity contribution is 0.0697. The van der Waals surface area contributed by atoms with Crippen molar-refractivity contribution in [2.45, 2.75) is 24.1 Å². The van der Waals surface area contributed by atoms with Crippen LogP contribution in [-0.2, 0) is 6.54 Å². The highest BCUT2D eigenvalue weighted by atomic mass is 32.2. The van der Waals surface area contributed by atoms with E-state index in [9.17, 15) is 10.1 Å². The van der Waals surface area contributed by atoms with Gasteiger partial charge in [-0.3, -0.25) is 4.90 Å². The lowest BCUT2D eigenvalue weighted by atomic mass is 9.97. The van der Waals surface area contributed by atoms with E-state index < -0.39 is 5.97 Å². The second kappa shape index (κ2) is 6.29. The largest absolute Gasteiger partial charge is 0.478 e. The van der Waals surface area contributed by atoms with E-state index in [4.69, 9.17) is 5.11 Å². The minimum atomic E-state index is -0.895. The third-order valence-electron chi connectivity index (χ3n) is 3.87. The molecule has 1 aromatic carbocycles. The molecule has 0 spiro atoms. The van der Waals surface area contributed by atoms with Gasteiger partial charge in [0.15, 0.2) is 0 Å². The van der Waals surface area contributed by atoms with Gasteiger partial charge in [-0.15, -0.1) is 11.8 Å². The Balaban J connectivity index is 1.93. The summed E-state index contributed by atoms with van der Waals surface area (Å²) in [5.74, 6) is -0.895. The van der Waals surface area contributed by atoms with Crippen LogP contribution in [0.15, 0.2) is 24.3 Å². The Bertz CT molecular complexity index is 514. The highest BCUT2D eigenvalue weighted by Crippen LogP contribution is 2.34. The van der Waals surface area contributed by atoms with Crippen LogP contribution in [0.5, 0.6) is 0 Å². The second-order valence-corrected chi connectivity index (χ2v) is 6.28. The first-order valence-electron chi connectivity index (χ1n) is 6.59. The fourth-order valence-electron chi connectivity index (χ4n) is 2.44. The third-order valence-corrected chi connectivity index (χ3v) is 5.15. The summed E-state index contributed by atoms with van der Waals surface area (Å²) >= 11 is 1.65. The van der Waals surface area contributed by atoms with Crippen molar-refractivity contribution in [1.29, 1.82) is 5.26 Å². The molecule has 1 aliphatic heterocycles. The van der Waals surface area contributed by atoms with Crippen LogP contribution in [0.2, 0.25) is 0 Å². The predicted octanol–water partition coefficient (Wildman–Crippen LogP) is 2.61. The first-order valence-corrected chi connectivity index (χ1v) is 7.82. The molecule has 20 heavy (non-hydrogen) atoms. The number of aromatic carboxylic acids is 1. The molecule has 1 aliphatic rings. The molecule has 0 atom stereocenters. The summed E-state index contributed by atoms with van der Waals surface area (Å²) in [5, 5.41) is 18.1. The molecule has 4 nitrogen and oxygen atoms in total. The van der Waals surface area contributed by atoms with Crippen molar-refractivity contribution in [3.63, 3.8) is 0 Å². The molecule has 2 rings (SSSR count). The number of hydrogen-bond donors (Lipinski definition) is 1. The van der Waals surface area contributed by atoms with Crippen LogP contribution in [0.3, 0.4) is 0 Å². The molecule has 1 fully saturated rings. The number of nitriles is 1. The van der Waals surface area contributed by atoms with Gasteiger partial charge in [-0.25, -0.2) is 4.79 Å². The summed E-state index contributed by atoms with van der Waals surface area (Å²) in [4.78, 5) is 13.1. The summed E-state index contributed by atoms with van der Waals surface area (Å²) in [7, 11) is 0. The van der Waals surface area contributed by atoms with Crippen LogP contribution < -0.4 is 0 Å². The molecule has 0 radical (unpaired) electrons. The molecule has 0 aromatic heterocycles. The van der Waals surface area contributed by atoms with E-state index in [1.165, 1.54) is 0 Å². The Labute approximate surface area is 123 Å². The molecule has 5 heteroatoms. The van der Waals surface area contributed by atoms with Crippen LogP contribution >= 0.6 is 11.8 Å². The van der Waals surface area contributed by atoms with E-state index in [0.717, 1.165) is 38.0 Å². The van der Waals surface area contributed by atoms with Crippen LogP contribution in [0, 0.1) is 11.3 Å². The number of carboxylic acids is 1. The van der Waals surface area contributed by atoms with E-state index in [-0.39, 0.29) is 4.75 Å². The first-order chi connectivity index (χ1) is 9.58. The normalized spacial score (nSPS) is 18.4. The number of piperidine rings is 1. The van der Waals surface area contributed by atoms with Gasteiger partial charge >= 0.3 is 5.97 Å². The molecule has 0 saturated carbocycles. The molecule has 1 saturated heterocycles. The summed E-state index contributed by atoms with van der Waals surface area (Å²) in [6.07, 6.45) is 3.78. The van der Waals surface area contributed by atoms with Crippen molar-refractivity contribution >= 4 is 17.7 Å². The maximum atomic E-state index is 10.8. The van der Waals surface area contributed by atoms with E-state index in [1.54, 1.807) is 23.9 Å². The number of thioether (sulfide) groups is 1. The number of carbonyl (C=O) groups is 1. The molecule has 1 aromatic rings. The minimum absolute atomic E-state index is 0.219. The Hall–Kier alpha value is -1.51. The van der Waals surface area contributed by atoms with Crippen LogP contribution in [0.25, 0.3) is 0 Å². The average Bonchev–Trinajstić information content (AvgIpc) is 2.49. The van der Waals surface area contributed by atoms with Gasteiger partial charge in [0.25, 0.3) is 0 Å². The lowest BCUT2D eigenvalue weighted by Gasteiger charge is -2.36. The monoisotopic (exact) mass is 290 g/mol. The molecule has 1 heterocycles. The second-order valence-electron chi connectivity index (χ2n) is 5.09. The van der Waals surface area contributed by atoms with Crippen LogP contribution in [0.4, 0.5) is 0 Å². The first kappa shape index (κ1) is 14.9. The van der Waals surface area contributed by atoms with Gasteiger partial charge in [0.1, 0.15) is 4.75 Å². The van der Waals surface area contributed by atoms with E-state index in [1.807, 2.05) is 18.4 Å². The van der Waals surface area contributed by atoms with Crippen LogP contribution in [-0.4, -0.2) is 40.1 Å². The van der Waals surface area contributed by atoms with Crippen molar-refractivity contribution in [3.05, 3.63) is 35.4 Å². The molecule has 0 unspecified atom stereocenters. The van der Waals surface area contributed by atoms with Gasteiger partial charge in [-0.2, -0.15) is 5.26 Å². The highest BCUT2D eigenvalue weighted by molar-refractivity contribution is 8.00. The van der Waals surface area contributed by atoms with Crippen LogP contribution in [0.1, 0.15) is 28.8 Å². The topological polar surface area (TPSA) is 64.3 Å². The zero-order valence-corrected chi connectivity index (χ0v) is 12.3. The fraction of sp³-hybridized carbons (Fsp3) is 0.467. The molecule has 106 valence electrons. The standard InChI is InChI=1S/C15H18N2O2S/c1-20-15(11-16)6-8-17(9-7-15)10-12-2-4-13(5-3-12)14(18)19/h2-5H,6-10H2,1H3,(H,18,19). The Morgan fingerprint density at radius 2 is 2.00 bits per heavy atom. The van der Waals surface area contributed by atoms with Crippen molar-refractivity contribution in [3.8, 4) is 6.07 Å². The maximum absolute atomic E-state index is 10.8. The maximum Gasteiger partial charge on any atom is 0.335 e. The number of carboxylic acid groups (broad SMARTS) is 1. The zero-order valence-electron chi connectivity index (χ0n) is 11.5. The smallest absolute Gasteiger partial charge is 0.335 e. The summed E-state index contributed by atoms with van der Waals surface area (Å²) < 4.78 is -0.219. The van der Waals surface area contributed by atoms with Gasteiger partial charge in [-0.1, -0.05) is 12.1 Å². The Kier molecular flexibility index (Phi) is 4.69. The van der Waals surface area contributed by atoms with E-state index in [2.05, 4.69) is 11.0 Å². The van der Waals surface area contributed by atoms with Crippen molar-refractivity contribution in [1.82, 2.24) is 4.90 Å². The molecule has 0 bridgehead atoms. The highest BCUT2D eigenvalue weighted by Gasteiger charge is 2.33. The molecular formula is C15H18N2O2S. The van der Waals surface area contributed by atoms with Gasteiger partial charge in [0.05, 0.1) is 11.6 Å². The quantitative estimate of drug-likeness (QED) is 0.923.